The van der Waals surface area contributed by atoms with Crippen LogP contribution >= 0.6 is 11.8 Å². The lowest BCUT2D eigenvalue weighted by Gasteiger charge is -2.22. The smallest absolute Gasteiger partial charge is 0.0755 e. The Balaban J connectivity index is 1.50. The average molecular weight is 229 g/mol. The van der Waals surface area contributed by atoms with E-state index in [1.165, 1.54) is 44.9 Å². The quantitative estimate of drug-likeness (QED) is 0.732. The van der Waals surface area contributed by atoms with Gasteiger partial charge in [0.25, 0.3) is 0 Å². The van der Waals surface area contributed by atoms with E-state index in [0.29, 0.717) is 0 Å². The van der Waals surface area contributed by atoms with Gasteiger partial charge in [0.1, 0.15) is 0 Å². The van der Waals surface area contributed by atoms with Crippen molar-refractivity contribution in [3.05, 3.63) is 0 Å². The first kappa shape index (κ1) is 11.7. The van der Waals surface area contributed by atoms with E-state index in [2.05, 4.69) is 5.32 Å². The zero-order valence-electron chi connectivity index (χ0n) is 9.45. The van der Waals surface area contributed by atoms with Crippen molar-refractivity contribution in [2.45, 2.75) is 62.3 Å². The standard InChI is InChI=1S/C12H23NOS/c14-11(8-13-10-6-7-10)9-15-12-4-2-1-3-5-12/h10-14H,1-9H2. The van der Waals surface area contributed by atoms with Crippen molar-refractivity contribution in [2.24, 2.45) is 0 Å². The third-order valence-electron chi connectivity index (χ3n) is 3.30. The molecular formula is C12H23NOS. The van der Waals surface area contributed by atoms with Gasteiger partial charge in [0.15, 0.2) is 0 Å². The van der Waals surface area contributed by atoms with Crippen LogP contribution < -0.4 is 5.32 Å². The van der Waals surface area contributed by atoms with E-state index in [-0.39, 0.29) is 6.10 Å². The van der Waals surface area contributed by atoms with Crippen LogP contribution in [0.3, 0.4) is 0 Å². The van der Waals surface area contributed by atoms with Crippen molar-refractivity contribution in [1.29, 1.82) is 0 Å². The predicted molar refractivity (Wildman–Crippen MR) is 66.4 cm³/mol. The Hall–Kier alpha value is 0.270. The molecule has 2 fully saturated rings. The number of thioether (sulfide) groups is 1. The highest BCUT2D eigenvalue weighted by Gasteiger charge is 2.21. The van der Waals surface area contributed by atoms with Crippen molar-refractivity contribution in [3.63, 3.8) is 0 Å². The van der Waals surface area contributed by atoms with Crippen LogP contribution in [0.1, 0.15) is 44.9 Å². The molecule has 2 saturated carbocycles. The molecule has 0 aromatic heterocycles. The summed E-state index contributed by atoms with van der Waals surface area (Å²) in [7, 11) is 0. The molecular weight excluding hydrogens is 206 g/mol. The van der Waals surface area contributed by atoms with Gasteiger partial charge < -0.3 is 10.4 Å². The molecule has 2 aliphatic carbocycles. The van der Waals surface area contributed by atoms with E-state index in [0.717, 1.165) is 23.6 Å². The highest BCUT2D eigenvalue weighted by atomic mass is 32.2. The van der Waals surface area contributed by atoms with Gasteiger partial charge >= 0.3 is 0 Å². The summed E-state index contributed by atoms with van der Waals surface area (Å²) in [5.41, 5.74) is 0. The van der Waals surface area contributed by atoms with Crippen LogP contribution in [-0.2, 0) is 0 Å². The lowest BCUT2D eigenvalue weighted by Crippen LogP contribution is -2.30. The van der Waals surface area contributed by atoms with Crippen LogP contribution in [0.5, 0.6) is 0 Å². The number of nitrogens with one attached hydrogen (secondary N) is 1. The second-order valence-corrected chi connectivity index (χ2v) is 6.26. The minimum Gasteiger partial charge on any atom is -0.391 e. The van der Waals surface area contributed by atoms with Crippen molar-refractivity contribution >= 4 is 11.8 Å². The minimum absolute atomic E-state index is 0.141. The molecule has 88 valence electrons. The van der Waals surface area contributed by atoms with Gasteiger partial charge in [-0.15, -0.1) is 0 Å². The van der Waals surface area contributed by atoms with E-state index in [9.17, 15) is 5.11 Å². The van der Waals surface area contributed by atoms with Gasteiger partial charge in [-0.25, -0.2) is 0 Å². The lowest BCUT2D eigenvalue weighted by atomic mass is 10.0. The molecule has 2 rings (SSSR count). The summed E-state index contributed by atoms with van der Waals surface area (Å²) in [4.78, 5) is 0. The molecule has 0 spiro atoms. The van der Waals surface area contributed by atoms with Crippen molar-refractivity contribution in [1.82, 2.24) is 5.32 Å². The molecule has 0 aliphatic heterocycles. The Bertz CT molecular complexity index is 178. The monoisotopic (exact) mass is 229 g/mol. The molecule has 1 atom stereocenters. The number of hydrogen-bond acceptors (Lipinski definition) is 3. The number of rotatable bonds is 6. The number of hydrogen-bond donors (Lipinski definition) is 2. The van der Waals surface area contributed by atoms with Crippen LogP contribution in [0.4, 0.5) is 0 Å². The van der Waals surface area contributed by atoms with E-state index in [1.807, 2.05) is 11.8 Å². The molecule has 2 nitrogen and oxygen atoms in total. The molecule has 0 heterocycles. The molecule has 2 aliphatic rings. The van der Waals surface area contributed by atoms with Crippen molar-refractivity contribution in [2.75, 3.05) is 12.3 Å². The highest BCUT2D eigenvalue weighted by Crippen LogP contribution is 2.28. The predicted octanol–water partition coefficient (Wildman–Crippen LogP) is 2.17. The Morgan fingerprint density at radius 2 is 1.87 bits per heavy atom. The summed E-state index contributed by atoms with van der Waals surface area (Å²) < 4.78 is 0. The average Bonchev–Trinajstić information content (AvgIpc) is 3.09. The van der Waals surface area contributed by atoms with Gasteiger partial charge in [-0.2, -0.15) is 11.8 Å². The Morgan fingerprint density at radius 3 is 2.53 bits per heavy atom. The molecule has 15 heavy (non-hydrogen) atoms. The normalized spacial score (nSPS) is 25.4. The largest absolute Gasteiger partial charge is 0.391 e. The van der Waals surface area contributed by atoms with Crippen LogP contribution in [-0.4, -0.2) is 34.8 Å². The van der Waals surface area contributed by atoms with E-state index in [4.69, 9.17) is 0 Å². The topological polar surface area (TPSA) is 32.3 Å². The molecule has 2 N–H and O–H groups in total. The van der Waals surface area contributed by atoms with Crippen LogP contribution in [0.15, 0.2) is 0 Å². The maximum atomic E-state index is 9.77. The maximum Gasteiger partial charge on any atom is 0.0755 e. The fourth-order valence-corrected chi connectivity index (χ4v) is 3.41. The van der Waals surface area contributed by atoms with Gasteiger partial charge in [0.2, 0.25) is 0 Å². The van der Waals surface area contributed by atoms with E-state index < -0.39 is 0 Å². The van der Waals surface area contributed by atoms with Gasteiger partial charge in [0, 0.05) is 23.6 Å². The Labute approximate surface area is 97.2 Å². The first-order valence-corrected chi connectivity index (χ1v) is 7.42. The number of aliphatic hydroxyl groups excluding tert-OH is 1. The van der Waals surface area contributed by atoms with Crippen molar-refractivity contribution < 1.29 is 5.11 Å². The summed E-state index contributed by atoms with van der Waals surface area (Å²) in [5, 5.41) is 14.0. The Kier molecular flexibility index (Phi) is 4.79. The van der Waals surface area contributed by atoms with Gasteiger partial charge in [-0.3, -0.25) is 0 Å². The van der Waals surface area contributed by atoms with Gasteiger partial charge in [-0.05, 0) is 25.7 Å². The second-order valence-electron chi connectivity index (χ2n) is 4.93. The third-order valence-corrected chi connectivity index (χ3v) is 4.82. The molecule has 1 unspecified atom stereocenters. The lowest BCUT2D eigenvalue weighted by molar-refractivity contribution is 0.195. The minimum atomic E-state index is -0.141. The fraction of sp³-hybridized carbons (Fsp3) is 1.00. The molecule has 0 aromatic rings. The van der Waals surface area contributed by atoms with E-state index >= 15 is 0 Å². The summed E-state index contributed by atoms with van der Waals surface area (Å²) >= 11 is 1.99. The first-order valence-electron chi connectivity index (χ1n) is 6.37. The van der Waals surface area contributed by atoms with Crippen molar-refractivity contribution in [3.8, 4) is 0 Å². The Morgan fingerprint density at radius 1 is 1.13 bits per heavy atom. The summed E-state index contributed by atoms with van der Waals surface area (Å²) in [5.74, 6) is 0.921. The zero-order valence-corrected chi connectivity index (χ0v) is 10.3. The molecule has 0 amide bonds. The summed E-state index contributed by atoms with van der Waals surface area (Å²) in [6, 6.07) is 0.722. The highest BCUT2D eigenvalue weighted by molar-refractivity contribution is 7.99. The van der Waals surface area contributed by atoms with Crippen LogP contribution in [0.25, 0.3) is 0 Å². The number of aliphatic hydroxyl groups is 1. The fourth-order valence-electron chi connectivity index (χ4n) is 2.13. The SMILES string of the molecule is OC(CNC1CC1)CSC1CCCCC1. The van der Waals surface area contributed by atoms with Crippen LogP contribution in [0.2, 0.25) is 0 Å². The molecule has 0 saturated heterocycles. The van der Waals surface area contributed by atoms with Gasteiger partial charge in [0.05, 0.1) is 6.10 Å². The molecule has 0 bridgehead atoms. The summed E-state index contributed by atoms with van der Waals surface area (Å²) in [6.45, 7) is 0.796. The third kappa shape index (κ3) is 4.75. The summed E-state index contributed by atoms with van der Waals surface area (Å²) in [6.07, 6.45) is 9.43. The van der Waals surface area contributed by atoms with Crippen LogP contribution in [0, 0.1) is 0 Å². The second kappa shape index (κ2) is 6.12. The molecule has 0 aromatic carbocycles. The molecule has 3 heteroatoms. The zero-order chi connectivity index (χ0) is 10.5. The van der Waals surface area contributed by atoms with E-state index in [1.54, 1.807) is 0 Å². The van der Waals surface area contributed by atoms with Gasteiger partial charge in [-0.1, -0.05) is 19.3 Å². The molecule has 0 radical (unpaired) electrons. The maximum absolute atomic E-state index is 9.77. The first-order chi connectivity index (χ1) is 7.34.